The molecule has 1 fully saturated rings. The van der Waals surface area contributed by atoms with Gasteiger partial charge in [-0.1, -0.05) is 11.3 Å². The van der Waals surface area contributed by atoms with Gasteiger partial charge in [0.15, 0.2) is 0 Å². The van der Waals surface area contributed by atoms with Crippen LogP contribution in [0, 0.1) is 12.7 Å². The Morgan fingerprint density at radius 1 is 1.21 bits per heavy atom. The lowest BCUT2D eigenvalue weighted by atomic mass is 10.1. The summed E-state index contributed by atoms with van der Waals surface area (Å²) >= 11 is 1.19. The number of aliphatic hydroxyl groups is 1. The van der Waals surface area contributed by atoms with Crippen LogP contribution >= 0.6 is 11.3 Å². The molecular formula is C25H29FN6O6S. The van der Waals surface area contributed by atoms with Crippen molar-refractivity contribution >= 4 is 27.5 Å². The molecule has 1 saturated heterocycles. The maximum Gasteiger partial charge on any atom is 0.332 e. The molecule has 0 radical (unpaired) electrons. The fourth-order valence-corrected chi connectivity index (χ4v) is 5.69. The molecular weight excluding hydrogens is 531 g/mol. The Hall–Kier alpha value is -3.88. The summed E-state index contributed by atoms with van der Waals surface area (Å²) in [5, 5.41) is 27.2. The number of likely N-dealkylation sites (tertiary alicyclic amines) is 1. The fraction of sp³-hybridized carbons (Fsp3) is 0.400. The van der Waals surface area contributed by atoms with Crippen LogP contribution in [0.15, 0.2) is 40.2 Å². The third-order valence-corrected chi connectivity index (χ3v) is 7.75. The Balaban J connectivity index is 0.000000648. The lowest BCUT2D eigenvalue weighted by molar-refractivity contribution is -0.129. The second-order valence-electron chi connectivity index (χ2n) is 8.94. The smallest absolute Gasteiger partial charge is 0.332 e. The maximum atomic E-state index is 13.7. The van der Waals surface area contributed by atoms with Crippen LogP contribution in [0.3, 0.4) is 0 Å². The van der Waals surface area contributed by atoms with Crippen molar-refractivity contribution in [1.29, 1.82) is 0 Å². The SMILES string of the molecule is COCCO.Cc1c(-n2nccn2)sc2c1c(=O)n(C1CCN(C)C1=O)c(=O)n2CCc1cc(F)ccc1O. The van der Waals surface area contributed by atoms with Gasteiger partial charge in [0.05, 0.1) is 31.0 Å². The number of ether oxygens (including phenoxy) is 1. The first kappa shape index (κ1) is 28.1. The molecule has 1 aromatic carbocycles. The number of hydrogen-bond acceptors (Lipinski definition) is 9. The maximum absolute atomic E-state index is 13.7. The topological polar surface area (TPSA) is 145 Å². The number of rotatable bonds is 7. The van der Waals surface area contributed by atoms with E-state index in [4.69, 9.17) is 5.11 Å². The summed E-state index contributed by atoms with van der Waals surface area (Å²) in [6, 6.07) is 2.72. The molecule has 2 N–H and O–H groups in total. The van der Waals surface area contributed by atoms with Crippen LogP contribution in [0.4, 0.5) is 4.39 Å². The van der Waals surface area contributed by atoms with E-state index >= 15 is 0 Å². The number of benzene rings is 1. The molecule has 4 heterocycles. The molecule has 0 spiro atoms. The van der Waals surface area contributed by atoms with Gasteiger partial charge >= 0.3 is 5.69 Å². The van der Waals surface area contributed by atoms with E-state index in [1.54, 1.807) is 21.1 Å². The van der Waals surface area contributed by atoms with E-state index < -0.39 is 23.1 Å². The lowest BCUT2D eigenvalue weighted by Gasteiger charge is -2.16. The number of nitrogens with zero attached hydrogens (tertiary/aromatic N) is 6. The van der Waals surface area contributed by atoms with Crippen LogP contribution in [-0.4, -0.2) is 79.1 Å². The number of halogens is 1. The zero-order valence-corrected chi connectivity index (χ0v) is 22.5. The number of carbonyl (C=O) groups excluding carboxylic acids is 1. The van der Waals surface area contributed by atoms with Gasteiger partial charge in [0.25, 0.3) is 5.56 Å². The Morgan fingerprint density at radius 3 is 2.51 bits per heavy atom. The van der Waals surface area contributed by atoms with Crippen LogP contribution in [0.5, 0.6) is 5.75 Å². The highest BCUT2D eigenvalue weighted by Crippen LogP contribution is 2.31. The fourth-order valence-electron chi connectivity index (χ4n) is 4.46. The minimum Gasteiger partial charge on any atom is -0.508 e. The zero-order valence-electron chi connectivity index (χ0n) is 21.7. The Bertz CT molecular complexity index is 1590. The standard InChI is InChI=1S/C22H21FN6O4S.C3H8O2/c1-12-17-19(32)28(15-6-9-26(2)18(15)31)22(33)27(10-5-13-11-14(23)3-4-16(13)30)21(17)34-20(12)29-24-7-8-25-29;1-5-3-2-4/h3-4,7-8,11,15,30H,5-6,9-10H2,1-2H3;4H,2-3H2,1H3. The van der Waals surface area contributed by atoms with Crippen LogP contribution in [0.2, 0.25) is 0 Å². The van der Waals surface area contributed by atoms with Crippen molar-refractivity contribution in [1.82, 2.24) is 29.0 Å². The molecule has 4 aromatic rings. The number of likely N-dealkylation sites (N-methyl/N-ethyl adjacent to an activating group) is 1. The molecule has 39 heavy (non-hydrogen) atoms. The largest absolute Gasteiger partial charge is 0.508 e. The van der Waals surface area contributed by atoms with E-state index in [2.05, 4.69) is 14.9 Å². The van der Waals surface area contributed by atoms with Crippen molar-refractivity contribution < 1.29 is 24.1 Å². The monoisotopic (exact) mass is 560 g/mol. The molecule has 1 aliphatic rings. The van der Waals surface area contributed by atoms with E-state index in [9.17, 15) is 23.9 Å². The lowest BCUT2D eigenvalue weighted by Crippen LogP contribution is -2.44. The highest BCUT2D eigenvalue weighted by atomic mass is 32.1. The van der Waals surface area contributed by atoms with E-state index in [1.165, 1.54) is 50.1 Å². The second-order valence-corrected chi connectivity index (χ2v) is 9.92. The van der Waals surface area contributed by atoms with Crippen LogP contribution in [-0.2, 0) is 22.5 Å². The van der Waals surface area contributed by atoms with Crippen LogP contribution < -0.4 is 11.2 Å². The van der Waals surface area contributed by atoms with Crippen molar-refractivity contribution in [3.05, 3.63) is 68.4 Å². The summed E-state index contributed by atoms with van der Waals surface area (Å²) in [5.41, 5.74) is -0.234. The van der Waals surface area contributed by atoms with E-state index in [0.717, 1.165) is 10.6 Å². The van der Waals surface area contributed by atoms with Gasteiger partial charge in [-0.15, -0.1) is 4.80 Å². The van der Waals surface area contributed by atoms with Gasteiger partial charge in [-0.05, 0) is 43.5 Å². The summed E-state index contributed by atoms with van der Waals surface area (Å²) in [6.07, 6.45) is 3.50. The van der Waals surface area contributed by atoms with Gasteiger partial charge < -0.3 is 19.8 Å². The summed E-state index contributed by atoms with van der Waals surface area (Å²) in [4.78, 5) is 43.2. The number of aromatic hydroxyl groups is 1. The third-order valence-electron chi connectivity index (χ3n) is 6.47. The molecule has 12 nitrogen and oxygen atoms in total. The summed E-state index contributed by atoms with van der Waals surface area (Å²) in [7, 11) is 3.19. The molecule has 0 saturated carbocycles. The number of carbonyl (C=O) groups is 1. The average Bonchev–Trinajstić information content (AvgIpc) is 3.63. The number of phenolic OH excluding ortho intramolecular Hbond substituents is 1. The molecule has 1 atom stereocenters. The Kier molecular flexibility index (Phi) is 8.57. The predicted molar refractivity (Wildman–Crippen MR) is 142 cm³/mol. The first-order valence-corrected chi connectivity index (χ1v) is 13.0. The molecule has 1 amide bonds. The van der Waals surface area contributed by atoms with Gasteiger partial charge in [-0.25, -0.2) is 13.8 Å². The van der Waals surface area contributed by atoms with Crippen molar-refractivity contribution in [3.63, 3.8) is 0 Å². The number of thiophene rings is 1. The molecule has 3 aromatic heterocycles. The normalized spacial score (nSPS) is 15.2. The number of amides is 1. The second kappa shape index (κ2) is 11.9. The van der Waals surface area contributed by atoms with Crippen molar-refractivity contribution in [2.45, 2.75) is 32.4 Å². The van der Waals surface area contributed by atoms with Gasteiger partial charge in [0.2, 0.25) is 5.91 Å². The number of methoxy groups -OCH3 is 1. The first-order valence-electron chi connectivity index (χ1n) is 12.2. The summed E-state index contributed by atoms with van der Waals surface area (Å²) in [5.74, 6) is -0.890. The van der Waals surface area contributed by atoms with Crippen molar-refractivity contribution in [2.75, 3.05) is 33.9 Å². The Morgan fingerprint density at radius 2 is 1.92 bits per heavy atom. The molecule has 0 bridgehead atoms. The van der Waals surface area contributed by atoms with Crippen molar-refractivity contribution in [2.24, 2.45) is 0 Å². The van der Waals surface area contributed by atoms with Gasteiger partial charge in [0.1, 0.15) is 27.4 Å². The average molecular weight is 561 g/mol. The van der Waals surface area contributed by atoms with Crippen LogP contribution in [0.1, 0.15) is 23.6 Å². The molecule has 0 aliphatic carbocycles. The number of aliphatic hydroxyl groups excluding tert-OH is 1. The number of fused-ring (bicyclic) bond motifs is 1. The Labute approximate surface area is 226 Å². The zero-order chi connectivity index (χ0) is 28.3. The summed E-state index contributed by atoms with van der Waals surface area (Å²) < 4.78 is 20.6. The van der Waals surface area contributed by atoms with Gasteiger partial charge in [-0.3, -0.25) is 14.2 Å². The van der Waals surface area contributed by atoms with E-state index in [-0.39, 0.29) is 31.2 Å². The molecule has 1 aliphatic heterocycles. The molecule has 208 valence electrons. The highest BCUT2D eigenvalue weighted by Gasteiger charge is 2.34. The van der Waals surface area contributed by atoms with E-state index in [0.29, 0.717) is 45.9 Å². The minimum absolute atomic E-state index is 0.0648. The molecule has 1 unspecified atom stereocenters. The number of aryl methyl sites for hydroxylation is 3. The molecule has 14 heteroatoms. The number of hydrogen-bond donors (Lipinski definition) is 2. The van der Waals surface area contributed by atoms with Crippen LogP contribution in [0.25, 0.3) is 15.2 Å². The highest BCUT2D eigenvalue weighted by molar-refractivity contribution is 7.21. The minimum atomic E-state index is -0.895. The van der Waals surface area contributed by atoms with Gasteiger partial charge in [0, 0.05) is 32.8 Å². The number of aromatic nitrogens is 5. The van der Waals surface area contributed by atoms with Crippen molar-refractivity contribution in [3.8, 4) is 10.8 Å². The number of phenols is 1. The van der Waals surface area contributed by atoms with Gasteiger partial charge in [-0.2, -0.15) is 10.2 Å². The summed E-state index contributed by atoms with van der Waals surface area (Å²) in [6.45, 7) is 2.82. The molecule has 5 rings (SSSR count). The van der Waals surface area contributed by atoms with E-state index in [1.807, 2.05) is 0 Å². The first-order chi connectivity index (χ1) is 18.7. The predicted octanol–water partition coefficient (Wildman–Crippen LogP) is 1.23. The quantitative estimate of drug-likeness (QED) is 0.343. The third kappa shape index (κ3) is 5.48.